The van der Waals surface area contributed by atoms with E-state index in [4.69, 9.17) is 0 Å². The number of nitrogens with one attached hydrogen (secondary N) is 2. The molecule has 0 saturated heterocycles. The van der Waals surface area contributed by atoms with Crippen LogP contribution in [-0.4, -0.2) is 47.0 Å². The van der Waals surface area contributed by atoms with Crippen LogP contribution in [0.3, 0.4) is 0 Å². The lowest BCUT2D eigenvalue weighted by molar-refractivity contribution is -0.123. The first-order valence-corrected chi connectivity index (χ1v) is 45.0. The Bertz CT molecular complexity index is 2810. The molecule has 0 fully saturated rings. The number of amides is 2. The number of unbranched alkanes of at least 4 members (excludes halogenated alkanes) is 4. The van der Waals surface area contributed by atoms with Crippen molar-refractivity contribution < 1.29 is 19.2 Å². The van der Waals surface area contributed by atoms with E-state index in [-0.39, 0.29) is 34.7 Å². The first-order valence-electron chi connectivity index (χ1n) is 34.8. The van der Waals surface area contributed by atoms with Gasteiger partial charge in [0, 0.05) is 137 Å². The summed E-state index contributed by atoms with van der Waals surface area (Å²) in [5, 5.41) is 6.72. The Morgan fingerprint density at radius 3 is 1.25 bits per heavy atom. The second-order valence-corrected chi connectivity index (χ2v) is 38.4. The van der Waals surface area contributed by atoms with E-state index in [0.717, 1.165) is 64.0 Å². The van der Waals surface area contributed by atoms with Crippen LogP contribution in [0.1, 0.15) is 270 Å². The molecule has 15 heteroatoms. The van der Waals surface area contributed by atoms with Crippen LogP contribution in [0.2, 0.25) is 0 Å². The lowest BCUT2D eigenvalue weighted by Crippen LogP contribution is -2.26. The monoisotopic (exact) mass is 1440 g/mol. The average molecular weight is 1440 g/mol. The molecule has 0 aliphatic rings. The van der Waals surface area contributed by atoms with Crippen molar-refractivity contribution in [1.29, 1.82) is 0 Å². The molecule has 0 saturated carbocycles. The highest BCUT2D eigenvalue weighted by atomic mass is 33.4. The van der Waals surface area contributed by atoms with Crippen LogP contribution in [0.5, 0.6) is 0 Å². The minimum Gasteiger partial charge on any atom is -0.356 e. The van der Waals surface area contributed by atoms with E-state index in [0.29, 0.717) is 66.3 Å². The molecule has 0 aromatic heterocycles. The van der Waals surface area contributed by atoms with Crippen molar-refractivity contribution in [3.05, 3.63) is 168 Å². The van der Waals surface area contributed by atoms with E-state index in [1.165, 1.54) is 111 Å². The van der Waals surface area contributed by atoms with Gasteiger partial charge in [0.1, 0.15) is 11.6 Å². The molecule has 0 heterocycles. The van der Waals surface area contributed by atoms with Gasteiger partial charge in [0.25, 0.3) is 0 Å². The quantitative estimate of drug-likeness (QED) is 0.0337. The van der Waals surface area contributed by atoms with Crippen molar-refractivity contribution in [1.82, 2.24) is 10.6 Å². The summed E-state index contributed by atoms with van der Waals surface area (Å²) in [4.78, 5) is 48.5. The van der Waals surface area contributed by atoms with Gasteiger partial charge in [-0.05, 0) is 135 Å². The second-order valence-electron chi connectivity index (χ2n) is 26.2. The second kappa shape index (κ2) is 58.9. The maximum absolute atomic E-state index is 12.9. The van der Waals surface area contributed by atoms with Gasteiger partial charge in [0.15, 0.2) is 0 Å². The minimum atomic E-state index is 0.0336. The van der Waals surface area contributed by atoms with Crippen LogP contribution in [0.25, 0.3) is 0 Å². The standard InChI is InChI=1S/C37H57NO2S.C22H28.C19H35NO2.S8/c1-28(2)15-14-26-38-37(40)25-24-35(27-36(39)29(3)4)41-34(23-22-31(6)33-19-11-8-12-20-33)21-13-16-30(5)32-17-9-7-10-18-32;1-19(21-15-9-5-10-16-21)13-7-3-4-8-14-20(2)22-17-11-6-12-18-22;1-16(2)12-8-6-5-7-11-15-20-19(22)14-10-9-13-18(21)17(3)4;1-3-5-7-8-6-4-2/h7-12,17-20,28-31,34-35H,13-16,21-27H2,1-6H3,(H,38,40);3-6,9-12,15-20H,7-8,13-14H2,1-2H3;9-10,16-17H,5-8,11-15H2,1-4H3,(H,20,22);/b;4-3-;10-9+;. The third-order valence-corrected chi connectivity index (χ3v) is 29.3. The summed E-state index contributed by atoms with van der Waals surface area (Å²) < 4.78 is 0. The predicted octanol–water partition coefficient (Wildman–Crippen LogP) is 21.3. The van der Waals surface area contributed by atoms with E-state index in [9.17, 15) is 19.2 Å². The molecule has 0 aliphatic carbocycles. The van der Waals surface area contributed by atoms with Crippen LogP contribution in [0.15, 0.2) is 146 Å². The molecule has 4 aromatic carbocycles. The Morgan fingerprint density at radius 2 is 0.785 bits per heavy atom. The van der Waals surface area contributed by atoms with Gasteiger partial charge in [-0.15, -0.1) is 0 Å². The Morgan fingerprint density at radius 1 is 0.376 bits per heavy atom. The molecule has 520 valence electrons. The molecule has 4 aromatic rings. The summed E-state index contributed by atoms with van der Waals surface area (Å²) >= 11 is 11.2. The molecule has 93 heavy (non-hydrogen) atoms. The summed E-state index contributed by atoms with van der Waals surface area (Å²) in [6.45, 7) is 27.6. The third kappa shape index (κ3) is 49.9. The molecular formula is C78H120N2O4S9. The summed E-state index contributed by atoms with van der Waals surface area (Å²) in [6, 6.07) is 43.3. The molecule has 0 aliphatic heterocycles. The van der Waals surface area contributed by atoms with Crippen LogP contribution in [0, 0.1) is 23.7 Å². The van der Waals surface area contributed by atoms with E-state index in [1.54, 1.807) is 47.7 Å². The molecular weight excluding hydrogens is 1320 g/mol. The van der Waals surface area contributed by atoms with Gasteiger partial charge in [-0.3, -0.25) is 19.2 Å². The highest BCUT2D eigenvalue weighted by Crippen LogP contribution is 2.35. The molecule has 6 atom stereocenters. The molecule has 6 nitrogen and oxygen atoms in total. The van der Waals surface area contributed by atoms with E-state index in [2.05, 4.69) is 222 Å². The first-order chi connectivity index (χ1) is 44.8. The van der Waals surface area contributed by atoms with Crippen molar-refractivity contribution in [3.8, 4) is 0 Å². The molecule has 6 unspecified atom stereocenters. The fraction of sp³-hybridized carbons (Fsp3) is 0.590. The van der Waals surface area contributed by atoms with E-state index >= 15 is 0 Å². The number of hydrogen-bond acceptors (Lipinski definition) is 7. The fourth-order valence-electron chi connectivity index (χ4n) is 10.3. The maximum atomic E-state index is 12.9. The largest absolute Gasteiger partial charge is 0.356 e. The molecule has 4 rings (SSSR count). The molecule has 2 amide bonds. The zero-order chi connectivity index (χ0) is 68.7. The van der Waals surface area contributed by atoms with Crippen LogP contribution < -0.4 is 10.6 Å². The summed E-state index contributed by atoms with van der Waals surface area (Å²) in [5.41, 5.74) is 5.71. The molecule has 0 bridgehead atoms. The lowest BCUT2D eigenvalue weighted by Gasteiger charge is -2.25. The smallest absolute Gasteiger partial charge is 0.223 e. The molecule has 2 N–H and O–H groups in total. The minimum absolute atomic E-state index is 0.0336. The summed E-state index contributed by atoms with van der Waals surface area (Å²) in [7, 11) is 9.12. The number of allylic oxidation sites excluding steroid dienone is 3. The molecule has 0 spiro atoms. The van der Waals surface area contributed by atoms with Crippen molar-refractivity contribution in [2.75, 3.05) is 13.1 Å². The van der Waals surface area contributed by atoms with Gasteiger partial charge >= 0.3 is 0 Å². The highest BCUT2D eigenvalue weighted by molar-refractivity contribution is 8.70. The Labute approximate surface area is 598 Å². The number of benzene rings is 4. The van der Waals surface area contributed by atoms with Gasteiger partial charge in [0.2, 0.25) is 11.8 Å². The SMILES string of the molecule is CC(C)CCCCCCCNC(=O)C/C=C/CC(=O)C(C)C.CC(C)CCCNC(=O)CCC(CC(=O)C(C)C)SC(CCCC(C)c1ccccc1)CCC(C)c1ccccc1.CC(CC/C=C\CCC(C)c1ccccc1)c1ccccc1.S=S=S=S=S=S=S=S. The van der Waals surface area contributed by atoms with Crippen molar-refractivity contribution in [2.24, 2.45) is 23.7 Å². The number of Topliss-reactive ketones (excluding diaryl/α,β-unsaturated/α-hetero) is 2. The summed E-state index contributed by atoms with van der Waals surface area (Å²) in [6.07, 6.45) is 31.2. The maximum Gasteiger partial charge on any atom is 0.223 e. The Hall–Kier alpha value is -3.25. The Balaban J connectivity index is 0.000000702. The number of rotatable bonds is 42. The Kier molecular flexibility index (Phi) is 55.5. The zero-order valence-electron chi connectivity index (χ0n) is 58.9. The van der Waals surface area contributed by atoms with Gasteiger partial charge in [-0.25, -0.2) is 0 Å². The lowest BCUT2D eigenvalue weighted by atomic mass is 9.92. The van der Waals surface area contributed by atoms with Gasteiger partial charge < -0.3 is 10.6 Å². The van der Waals surface area contributed by atoms with Gasteiger partial charge in [-0.2, -0.15) is 11.8 Å². The number of thioether (sulfide) groups is 1. The van der Waals surface area contributed by atoms with Crippen LogP contribution >= 0.6 is 11.8 Å². The van der Waals surface area contributed by atoms with Crippen molar-refractivity contribution >= 4 is 111 Å². The highest BCUT2D eigenvalue weighted by Gasteiger charge is 2.24. The van der Waals surface area contributed by atoms with Crippen molar-refractivity contribution in [2.45, 2.75) is 259 Å². The zero-order valence-corrected chi connectivity index (χ0v) is 66.3. The normalized spacial score (nSPS) is 13.0. The molecule has 0 radical (unpaired) electrons. The van der Waals surface area contributed by atoms with E-state index in [1.807, 2.05) is 39.5 Å². The fourth-order valence-corrected chi connectivity index (χ4v) is 22.9. The van der Waals surface area contributed by atoms with Crippen LogP contribution in [0.4, 0.5) is 0 Å². The number of carbonyl (C=O) groups excluding carboxylic acids is 4. The number of hydrogen-bond donors (Lipinski definition) is 2. The topological polar surface area (TPSA) is 92.3 Å². The average Bonchev–Trinajstić information content (AvgIpc) is 3.34. The van der Waals surface area contributed by atoms with Crippen molar-refractivity contribution in [3.63, 3.8) is 0 Å². The van der Waals surface area contributed by atoms with E-state index < -0.39 is 0 Å². The first kappa shape index (κ1) is 87.8. The van der Waals surface area contributed by atoms with Crippen LogP contribution in [-0.2, 0) is 94.8 Å². The number of carbonyl (C=O) groups is 4. The van der Waals surface area contributed by atoms with Gasteiger partial charge in [0.05, 0.1) is 0 Å². The predicted molar refractivity (Wildman–Crippen MR) is 429 cm³/mol. The number of ketones is 2. The van der Waals surface area contributed by atoms with Gasteiger partial charge in [-0.1, -0.05) is 267 Å². The third-order valence-electron chi connectivity index (χ3n) is 16.5. The summed E-state index contributed by atoms with van der Waals surface area (Å²) in [5.74, 6) is 4.62.